The van der Waals surface area contributed by atoms with Gasteiger partial charge in [-0.3, -0.25) is 9.69 Å². The molecular weight excluding hydrogens is 380 g/mol. The summed E-state index contributed by atoms with van der Waals surface area (Å²) >= 11 is 0. The van der Waals surface area contributed by atoms with Gasteiger partial charge >= 0.3 is 0 Å². The maximum absolute atomic E-state index is 12.7. The number of piperazine rings is 1. The van der Waals surface area contributed by atoms with Crippen LogP contribution in [0.1, 0.15) is 0 Å². The van der Waals surface area contributed by atoms with E-state index in [-0.39, 0.29) is 5.91 Å². The summed E-state index contributed by atoms with van der Waals surface area (Å²) in [7, 11) is 1.68. The third-order valence-electron chi connectivity index (χ3n) is 5.71. The van der Waals surface area contributed by atoms with Crippen LogP contribution in [0, 0.1) is 0 Å². The molecule has 7 nitrogen and oxygen atoms in total. The van der Waals surface area contributed by atoms with Crippen LogP contribution in [0.25, 0.3) is 0 Å². The molecule has 0 atom stereocenters. The highest BCUT2D eigenvalue weighted by atomic mass is 16.5. The molecule has 2 heterocycles. The van der Waals surface area contributed by atoms with E-state index in [4.69, 9.17) is 9.47 Å². The normalized spacial score (nSPS) is 17.6. The highest BCUT2D eigenvalue weighted by molar-refractivity contribution is 5.95. The maximum atomic E-state index is 12.7. The van der Waals surface area contributed by atoms with Crippen molar-refractivity contribution in [3.63, 3.8) is 0 Å². The molecule has 0 spiro atoms. The molecule has 30 heavy (non-hydrogen) atoms. The minimum atomic E-state index is 0.0357. The van der Waals surface area contributed by atoms with Crippen molar-refractivity contribution in [1.82, 2.24) is 4.90 Å². The van der Waals surface area contributed by atoms with Crippen molar-refractivity contribution in [2.45, 2.75) is 0 Å². The van der Waals surface area contributed by atoms with Crippen LogP contribution in [0.5, 0.6) is 5.75 Å². The van der Waals surface area contributed by atoms with Gasteiger partial charge in [-0.15, -0.1) is 0 Å². The van der Waals surface area contributed by atoms with E-state index in [1.165, 1.54) is 5.69 Å². The van der Waals surface area contributed by atoms with Gasteiger partial charge in [-0.2, -0.15) is 0 Å². The van der Waals surface area contributed by atoms with E-state index in [0.29, 0.717) is 6.54 Å². The first-order valence-corrected chi connectivity index (χ1v) is 10.6. The summed E-state index contributed by atoms with van der Waals surface area (Å²) in [6, 6.07) is 16.2. The summed E-state index contributed by atoms with van der Waals surface area (Å²) < 4.78 is 10.7. The third-order valence-corrected chi connectivity index (χ3v) is 5.71. The molecule has 0 aliphatic carbocycles. The quantitative estimate of drug-likeness (QED) is 0.789. The molecule has 2 saturated heterocycles. The Balaban J connectivity index is 1.29. The second kappa shape index (κ2) is 9.82. The number of carbonyl (C=O) groups is 1. The molecular formula is C23H30N4O3. The van der Waals surface area contributed by atoms with Crippen LogP contribution < -0.4 is 19.9 Å². The number of para-hydroxylation sites is 2. The summed E-state index contributed by atoms with van der Waals surface area (Å²) in [5.41, 5.74) is 3.14. The fraction of sp³-hybridized carbons (Fsp3) is 0.435. The molecule has 1 amide bonds. The van der Waals surface area contributed by atoms with Crippen LogP contribution in [-0.2, 0) is 9.53 Å². The zero-order valence-electron chi connectivity index (χ0n) is 17.5. The first kappa shape index (κ1) is 20.5. The number of nitrogens with one attached hydrogen (secondary N) is 1. The van der Waals surface area contributed by atoms with E-state index >= 15 is 0 Å². The fourth-order valence-electron chi connectivity index (χ4n) is 4.01. The number of benzene rings is 2. The van der Waals surface area contributed by atoms with E-state index < -0.39 is 0 Å². The fourth-order valence-corrected chi connectivity index (χ4v) is 4.01. The molecule has 7 heteroatoms. The number of carbonyl (C=O) groups excluding carboxylic acids is 1. The molecule has 2 aliphatic heterocycles. The summed E-state index contributed by atoms with van der Waals surface area (Å²) in [5, 5.41) is 3.12. The Labute approximate surface area is 178 Å². The number of ether oxygens (including phenoxy) is 2. The monoisotopic (exact) mass is 410 g/mol. The average molecular weight is 411 g/mol. The number of morpholine rings is 1. The predicted molar refractivity (Wildman–Crippen MR) is 120 cm³/mol. The van der Waals surface area contributed by atoms with E-state index in [1.54, 1.807) is 7.11 Å². The van der Waals surface area contributed by atoms with Gasteiger partial charge in [0.1, 0.15) is 5.75 Å². The molecule has 0 saturated carbocycles. The van der Waals surface area contributed by atoms with Crippen molar-refractivity contribution in [3.05, 3.63) is 48.5 Å². The Bertz CT molecular complexity index is 829. The average Bonchev–Trinajstić information content (AvgIpc) is 2.80. The number of nitrogens with zero attached hydrogens (tertiary/aromatic N) is 3. The first-order valence-electron chi connectivity index (χ1n) is 10.6. The zero-order valence-corrected chi connectivity index (χ0v) is 17.5. The van der Waals surface area contributed by atoms with Crippen molar-refractivity contribution in [1.29, 1.82) is 0 Å². The topological polar surface area (TPSA) is 57.3 Å². The minimum absolute atomic E-state index is 0.0357. The van der Waals surface area contributed by atoms with Gasteiger partial charge in [-0.05, 0) is 36.4 Å². The van der Waals surface area contributed by atoms with Crippen LogP contribution >= 0.6 is 0 Å². The Morgan fingerprint density at radius 2 is 1.63 bits per heavy atom. The van der Waals surface area contributed by atoms with Crippen LogP contribution in [0.15, 0.2) is 48.5 Å². The Morgan fingerprint density at radius 3 is 2.33 bits per heavy atom. The Kier molecular flexibility index (Phi) is 6.71. The molecule has 0 unspecified atom stereocenters. The van der Waals surface area contributed by atoms with Crippen molar-refractivity contribution >= 4 is 23.0 Å². The largest absolute Gasteiger partial charge is 0.497 e. The summed E-state index contributed by atoms with van der Waals surface area (Å²) in [6.07, 6.45) is 0. The maximum Gasteiger partial charge on any atom is 0.238 e. The zero-order chi connectivity index (χ0) is 20.8. The lowest BCUT2D eigenvalue weighted by Gasteiger charge is -2.36. The lowest BCUT2D eigenvalue weighted by molar-refractivity contribution is -0.117. The summed E-state index contributed by atoms with van der Waals surface area (Å²) in [5.74, 6) is 0.903. The van der Waals surface area contributed by atoms with E-state index in [0.717, 1.165) is 69.6 Å². The first-order chi connectivity index (χ1) is 14.7. The molecule has 2 aromatic carbocycles. The van der Waals surface area contributed by atoms with Crippen molar-refractivity contribution in [2.75, 3.05) is 81.3 Å². The SMILES string of the molecule is COc1ccc(N2CCN(CC(=O)Nc3ccccc3N3CCOCC3)CC2)cc1. The van der Waals surface area contributed by atoms with Crippen LogP contribution in [0.2, 0.25) is 0 Å². The number of amides is 1. The van der Waals surface area contributed by atoms with Gasteiger partial charge in [0.25, 0.3) is 0 Å². The smallest absolute Gasteiger partial charge is 0.238 e. The summed E-state index contributed by atoms with van der Waals surface area (Å²) in [4.78, 5) is 19.5. The van der Waals surface area contributed by atoms with Crippen molar-refractivity contribution in [2.24, 2.45) is 0 Å². The lowest BCUT2D eigenvalue weighted by Crippen LogP contribution is -2.48. The van der Waals surface area contributed by atoms with Crippen molar-refractivity contribution < 1.29 is 14.3 Å². The third kappa shape index (κ3) is 5.04. The molecule has 4 rings (SSSR count). The molecule has 0 bridgehead atoms. The molecule has 2 fully saturated rings. The number of methoxy groups -OCH3 is 1. The predicted octanol–water partition coefficient (Wildman–Crippen LogP) is 2.29. The molecule has 0 aromatic heterocycles. The van der Waals surface area contributed by atoms with Gasteiger partial charge in [0, 0.05) is 45.0 Å². The Morgan fingerprint density at radius 1 is 0.933 bits per heavy atom. The van der Waals surface area contributed by atoms with E-state index in [1.807, 2.05) is 30.3 Å². The van der Waals surface area contributed by atoms with Crippen molar-refractivity contribution in [3.8, 4) is 5.75 Å². The molecule has 2 aromatic rings. The number of anilines is 3. The standard InChI is InChI=1S/C23H30N4O3/c1-29-20-8-6-19(7-9-20)26-12-10-25(11-13-26)18-23(28)24-21-4-2-3-5-22(21)27-14-16-30-17-15-27/h2-9H,10-18H2,1H3,(H,24,28). The van der Waals surface area contributed by atoms with Crippen LogP contribution in [0.3, 0.4) is 0 Å². The van der Waals surface area contributed by atoms with Gasteiger partial charge in [0.15, 0.2) is 0 Å². The Hall–Kier alpha value is -2.77. The molecule has 2 aliphatic rings. The highest BCUT2D eigenvalue weighted by Gasteiger charge is 2.21. The number of rotatable bonds is 6. The number of hydrogen-bond donors (Lipinski definition) is 1. The lowest BCUT2D eigenvalue weighted by atomic mass is 10.2. The van der Waals surface area contributed by atoms with Gasteiger partial charge in [-0.1, -0.05) is 12.1 Å². The second-order valence-electron chi connectivity index (χ2n) is 7.63. The minimum Gasteiger partial charge on any atom is -0.497 e. The molecule has 0 radical (unpaired) electrons. The van der Waals surface area contributed by atoms with Gasteiger partial charge in [-0.25, -0.2) is 0 Å². The van der Waals surface area contributed by atoms with Gasteiger partial charge in [0.2, 0.25) is 5.91 Å². The van der Waals surface area contributed by atoms with Crippen LogP contribution in [0.4, 0.5) is 17.1 Å². The summed E-state index contributed by atoms with van der Waals surface area (Å²) in [6.45, 7) is 7.10. The van der Waals surface area contributed by atoms with Gasteiger partial charge in [0.05, 0.1) is 38.2 Å². The van der Waals surface area contributed by atoms with Crippen LogP contribution in [-0.4, -0.2) is 76.9 Å². The van der Waals surface area contributed by atoms with E-state index in [2.05, 4.69) is 38.2 Å². The molecule has 160 valence electrons. The van der Waals surface area contributed by atoms with Gasteiger partial charge < -0.3 is 24.6 Å². The van der Waals surface area contributed by atoms with E-state index in [9.17, 15) is 4.79 Å². The second-order valence-corrected chi connectivity index (χ2v) is 7.63. The molecule has 1 N–H and O–H groups in total. The number of hydrogen-bond acceptors (Lipinski definition) is 6. The highest BCUT2D eigenvalue weighted by Crippen LogP contribution is 2.26.